The van der Waals surface area contributed by atoms with Gasteiger partial charge in [-0.25, -0.2) is 0 Å². The number of Topliss-reactive ketones (excluding diaryl/α,β-unsaturated/α-hetero) is 1. The van der Waals surface area contributed by atoms with Crippen molar-refractivity contribution in [3.05, 3.63) is 28.8 Å². The van der Waals surface area contributed by atoms with Gasteiger partial charge in [0.2, 0.25) is 0 Å². The minimum atomic E-state index is 0.232. The highest BCUT2D eigenvalue weighted by atomic mass is 16.5. The number of likely N-dealkylation sites (tertiary alicyclic amines) is 1. The van der Waals surface area contributed by atoms with Crippen molar-refractivity contribution >= 4 is 5.78 Å². The number of carbonyl (C=O) groups is 1. The average molecular weight is 275 g/mol. The summed E-state index contributed by atoms with van der Waals surface area (Å²) in [6.45, 7) is 9.33. The Kier molecular flexibility index (Phi) is 5.18. The molecule has 0 aromatic heterocycles. The molecule has 0 amide bonds. The van der Waals surface area contributed by atoms with E-state index in [-0.39, 0.29) is 5.78 Å². The molecule has 110 valence electrons. The van der Waals surface area contributed by atoms with Crippen LogP contribution < -0.4 is 4.74 Å². The maximum atomic E-state index is 12.5. The summed E-state index contributed by atoms with van der Waals surface area (Å²) in [6.07, 6.45) is 3.73. The Morgan fingerprint density at radius 3 is 2.50 bits per heavy atom. The third-order valence-corrected chi connectivity index (χ3v) is 4.15. The zero-order valence-corrected chi connectivity index (χ0v) is 12.9. The van der Waals surface area contributed by atoms with Gasteiger partial charge in [-0.15, -0.1) is 0 Å². The van der Waals surface area contributed by atoms with E-state index in [0.29, 0.717) is 13.2 Å². The van der Waals surface area contributed by atoms with Crippen LogP contribution in [0.2, 0.25) is 0 Å². The van der Waals surface area contributed by atoms with Crippen LogP contribution >= 0.6 is 0 Å². The Balaban J connectivity index is 2.11. The lowest BCUT2D eigenvalue weighted by Gasteiger charge is -2.26. The summed E-state index contributed by atoms with van der Waals surface area (Å²) in [5.74, 6) is 1.12. The lowest BCUT2D eigenvalue weighted by Crippen LogP contribution is -2.34. The Bertz CT molecular complexity index is 476. The summed E-state index contributed by atoms with van der Waals surface area (Å²) < 4.78 is 5.58. The fourth-order valence-corrected chi connectivity index (χ4v) is 2.82. The Morgan fingerprint density at radius 1 is 1.15 bits per heavy atom. The second-order valence-electron chi connectivity index (χ2n) is 5.55. The van der Waals surface area contributed by atoms with Crippen LogP contribution in [0.15, 0.2) is 12.1 Å². The number of ketones is 1. The van der Waals surface area contributed by atoms with Gasteiger partial charge in [0.1, 0.15) is 5.75 Å². The van der Waals surface area contributed by atoms with Crippen LogP contribution in [0, 0.1) is 13.8 Å². The molecule has 1 aromatic carbocycles. The zero-order chi connectivity index (χ0) is 14.5. The van der Waals surface area contributed by atoms with Gasteiger partial charge in [0, 0.05) is 5.56 Å². The van der Waals surface area contributed by atoms with Crippen LogP contribution in [-0.2, 0) is 0 Å². The molecule has 1 heterocycles. The molecule has 3 heteroatoms. The third-order valence-electron chi connectivity index (χ3n) is 4.15. The predicted molar refractivity (Wildman–Crippen MR) is 81.7 cm³/mol. The molecule has 1 aromatic rings. The first-order valence-electron chi connectivity index (χ1n) is 7.62. The van der Waals surface area contributed by atoms with Crippen molar-refractivity contribution in [1.29, 1.82) is 0 Å². The van der Waals surface area contributed by atoms with Gasteiger partial charge >= 0.3 is 0 Å². The maximum absolute atomic E-state index is 12.5. The molecule has 0 saturated carbocycles. The molecule has 0 aliphatic carbocycles. The SMILES string of the molecule is CCOc1ccc(C(=O)CN2CCCCC2)c(C)c1C. The summed E-state index contributed by atoms with van der Waals surface area (Å²) in [7, 11) is 0. The molecule has 0 bridgehead atoms. The highest BCUT2D eigenvalue weighted by molar-refractivity contribution is 5.99. The summed E-state index contributed by atoms with van der Waals surface area (Å²) >= 11 is 0. The minimum Gasteiger partial charge on any atom is -0.494 e. The van der Waals surface area contributed by atoms with E-state index in [1.165, 1.54) is 19.3 Å². The highest BCUT2D eigenvalue weighted by Crippen LogP contribution is 2.25. The van der Waals surface area contributed by atoms with Crippen molar-refractivity contribution in [1.82, 2.24) is 4.90 Å². The summed E-state index contributed by atoms with van der Waals surface area (Å²) in [6, 6.07) is 3.84. The average Bonchev–Trinajstić information content (AvgIpc) is 2.45. The Labute approximate surface area is 121 Å². The minimum absolute atomic E-state index is 0.232. The zero-order valence-electron chi connectivity index (χ0n) is 12.9. The van der Waals surface area contributed by atoms with Gasteiger partial charge in [-0.3, -0.25) is 9.69 Å². The van der Waals surface area contributed by atoms with Crippen LogP contribution in [0.3, 0.4) is 0 Å². The maximum Gasteiger partial charge on any atom is 0.177 e. The molecule has 0 radical (unpaired) electrons. The lowest BCUT2D eigenvalue weighted by atomic mass is 9.98. The van der Waals surface area contributed by atoms with Crippen molar-refractivity contribution in [3.8, 4) is 5.75 Å². The number of rotatable bonds is 5. The molecule has 1 fully saturated rings. The Morgan fingerprint density at radius 2 is 1.85 bits per heavy atom. The van der Waals surface area contributed by atoms with Gasteiger partial charge in [-0.05, 0) is 70.0 Å². The van der Waals surface area contributed by atoms with Crippen molar-refractivity contribution < 1.29 is 9.53 Å². The molecule has 1 aliphatic heterocycles. The first kappa shape index (κ1) is 15.0. The standard InChI is InChI=1S/C17H25NO2/c1-4-20-17-9-8-15(13(2)14(17)3)16(19)12-18-10-6-5-7-11-18/h8-9H,4-7,10-12H2,1-3H3. The topological polar surface area (TPSA) is 29.5 Å². The lowest BCUT2D eigenvalue weighted by molar-refractivity contribution is 0.0915. The van der Waals surface area contributed by atoms with Crippen LogP contribution in [0.25, 0.3) is 0 Å². The van der Waals surface area contributed by atoms with Crippen LogP contribution in [0.4, 0.5) is 0 Å². The van der Waals surface area contributed by atoms with Crippen LogP contribution in [0.1, 0.15) is 47.7 Å². The molecule has 3 nitrogen and oxygen atoms in total. The van der Waals surface area contributed by atoms with Gasteiger partial charge in [0.05, 0.1) is 13.2 Å². The van der Waals surface area contributed by atoms with E-state index in [0.717, 1.165) is 35.5 Å². The molecule has 2 rings (SSSR count). The van der Waals surface area contributed by atoms with Gasteiger partial charge in [0.15, 0.2) is 5.78 Å². The molecule has 20 heavy (non-hydrogen) atoms. The number of ether oxygens (including phenoxy) is 1. The van der Waals surface area contributed by atoms with Gasteiger partial charge in [-0.1, -0.05) is 6.42 Å². The quantitative estimate of drug-likeness (QED) is 0.772. The van der Waals surface area contributed by atoms with Gasteiger partial charge in [0.25, 0.3) is 0 Å². The normalized spacial score (nSPS) is 16.1. The highest BCUT2D eigenvalue weighted by Gasteiger charge is 2.18. The van der Waals surface area contributed by atoms with Crippen molar-refractivity contribution in [2.45, 2.75) is 40.0 Å². The monoisotopic (exact) mass is 275 g/mol. The number of hydrogen-bond donors (Lipinski definition) is 0. The van der Waals surface area contributed by atoms with E-state index in [9.17, 15) is 4.79 Å². The van der Waals surface area contributed by atoms with Gasteiger partial charge < -0.3 is 4.74 Å². The molecule has 0 atom stereocenters. The molecular formula is C17H25NO2. The van der Waals surface area contributed by atoms with Crippen molar-refractivity contribution in [2.24, 2.45) is 0 Å². The Hall–Kier alpha value is -1.35. The van der Waals surface area contributed by atoms with E-state index in [1.807, 2.05) is 32.9 Å². The van der Waals surface area contributed by atoms with E-state index in [4.69, 9.17) is 4.74 Å². The summed E-state index contributed by atoms with van der Waals surface area (Å²) in [5.41, 5.74) is 2.98. The number of nitrogens with zero attached hydrogens (tertiary/aromatic N) is 1. The fraction of sp³-hybridized carbons (Fsp3) is 0.588. The van der Waals surface area contributed by atoms with E-state index in [1.54, 1.807) is 0 Å². The molecular weight excluding hydrogens is 250 g/mol. The summed E-state index contributed by atoms with van der Waals surface area (Å²) in [4.78, 5) is 14.7. The molecule has 0 N–H and O–H groups in total. The smallest absolute Gasteiger partial charge is 0.177 e. The van der Waals surface area contributed by atoms with E-state index < -0.39 is 0 Å². The number of piperidine rings is 1. The second-order valence-corrected chi connectivity index (χ2v) is 5.55. The molecule has 0 spiro atoms. The largest absolute Gasteiger partial charge is 0.494 e. The van der Waals surface area contributed by atoms with Gasteiger partial charge in [-0.2, -0.15) is 0 Å². The van der Waals surface area contributed by atoms with Crippen LogP contribution in [-0.4, -0.2) is 36.9 Å². The first-order valence-corrected chi connectivity index (χ1v) is 7.62. The van der Waals surface area contributed by atoms with Crippen LogP contribution in [0.5, 0.6) is 5.75 Å². The third kappa shape index (κ3) is 3.40. The van der Waals surface area contributed by atoms with Crippen molar-refractivity contribution in [2.75, 3.05) is 26.2 Å². The number of benzene rings is 1. The second kappa shape index (κ2) is 6.89. The number of hydrogen-bond acceptors (Lipinski definition) is 3. The molecule has 1 aliphatic rings. The predicted octanol–water partition coefficient (Wildman–Crippen LogP) is 3.37. The first-order chi connectivity index (χ1) is 9.63. The van der Waals surface area contributed by atoms with Crippen molar-refractivity contribution in [3.63, 3.8) is 0 Å². The number of carbonyl (C=O) groups excluding carboxylic acids is 1. The summed E-state index contributed by atoms with van der Waals surface area (Å²) in [5, 5.41) is 0. The molecule has 0 unspecified atom stereocenters. The molecule has 1 saturated heterocycles. The fourth-order valence-electron chi connectivity index (χ4n) is 2.82. The van der Waals surface area contributed by atoms with E-state index >= 15 is 0 Å². The van der Waals surface area contributed by atoms with E-state index in [2.05, 4.69) is 4.90 Å².